The van der Waals surface area contributed by atoms with E-state index in [0.29, 0.717) is 6.04 Å². The van der Waals surface area contributed by atoms with E-state index in [1.54, 1.807) is 7.11 Å². The maximum atomic E-state index is 5.55. The van der Waals surface area contributed by atoms with Crippen LogP contribution in [-0.4, -0.2) is 43.8 Å². The van der Waals surface area contributed by atoms with Crippen LogP contribution in [0, 0.1) is 0 Å². The summed E-state index contributed by atoms with van der Waals surface area (Å²) in [6.07, 6.45) is 5.03. The molecule has 84 valence electrons. The molecule has 0 aromatic carbocycles. The number of hydrogen-bond acceptors (Lipinski definition) is 3. The molecule has 0 saturated heterocycles. The number of rotatable bonds is 8. The SMILES string of the molecule is CCN(C1CC1)C(CCCN)COC. The Morgan fingerprint density at radius 1 is 1.50 bits per heavy atom. The average Bonchev–Trinajstić information content (AvgIpc) is 2.99. The molecule has 1 fully saturated rings. The van der Waals surface area contributed by atoms with Gasteiger partial charge in [0, 0.05) is 19.2 Å². The van der Waals surface area contributed by atoms with Gasteiger partial charge in [0.15, 0.2) is 0 Å². The Bertz CT molecular complexity index is 148. The summed E-state index contributed by atoms with van der Waals surface area (Å²) in [4.78, 5) is 2.58. The van der Waals surface area contributed by atoms with E-state index in [-0.39, 0.29) is 0 Å². The van der Waals surface area contributed by atoms with E-state index < -0.39 is 0 Å². The highest BCUT2D eigenvalue weighted by molar-refractivity contribution is 4.88. The highest BCUT2D eigenvalue weighted by Crippen LogP contribution is 2.29. The molecule has 1 atom stereocenters. The summed E-state index contributed by atoms with van der Waals surface area (Å²) < 4.78 is 5.28. The minimum atomic E-state index is 0.584. The van der Waals surface area contributed by atoms with Crippen LogP contribution in [0.5, 0.6) is 0 Å². The summed E-state index contributed by atoms with van der Waals surface area (Å²) in [5.41, 5.74) is 5.55. The predicted octanol–water partition coefficient (Wildman–Crippen LogP) is 1.22. The molecule has 3 heteroatoms. The van der Waals surface area contributed by atoms with Crippen LogP contribution in [0.3, 0.4) is 0 Å². The molecule has 0 radical (unpaired) electrons. The number of ether oxygens (including phenoxy) is 1. The van der Waals surface area contributed by atoms with Crippen molar-refractivity contribution < 1.29 is 4.74 Å². The average molecular weight is 200 g/mol. The van der Waals surface area contributed by atoms with Crippen LogP contribution in [0.15, 0.2) is 0 Å². The molecular weight excluding hydrogens is 176 g/mol. The lowest BCUT2D eigenvalue weighted by Gasteiger charge is -2.30. The van der Waals surface area contributed by atoms with Crippen molar-refractivity contribution in [1.29, 1.82) is 0 Å². The molecule has 2 N–H and O–H groups in total. The highest BCUT2D eigenvalue weighted by Gasteiger charge is 2.32. The summed E-state index contributed by atoms with van der Waals surface area (Å²) in [6, 6.07) is 1.42. The molecule has 0 spiro atoms. The molecular formula is C11H24N2O. The molecule has 0 aromatic rings. The minimum Gasteiger partial charge on any atom is -0.383 e. The van der Waals surface area contributed by atoms with Crippen molar-refractivity contribution in [3.8, 4) is 0 Å². The van der Waals surface area contributed by atoms with Crippen molar-refractivity contribution in [2.75, 3.05) is 26.8 Å². The van der Waals surface area contributed by atoms with Crippen LogP contribution >= 0.6 is 0 Å². The van der Waals surface area contributed by atoms with Gasteiger partial charge in [0.2, 0.25) is 0 Å². The minimum absolute atomic E-state index is 0.584. The molecule has 0 amide bonds. The van der Waals surface area contributed by atoms with Crippen molar-refractivity contribution in [2.45, 2.75) is 44.7 Å². The molecule has 1 saturated carbocycles. The summed E-state index contributed by atoms with van der Waals surface area (Å²) in [6.45, 7) is 5.03. The fourth-order valence-corrected chi connectivity index (χ4v) is 2.11. The van der Waals surface area contributed by atoms with Crippen LogP contribution in [0.25, 0.3) is 0 Å². The van der Waals surface area contributed by atoms with E-state index in [1.807, 2.05) is 0 Å². The Kier molecular flexibility index (Phi) is 5.45. The van der Waals surface area contributed by atoms with E-state index >= 15 is 0 Å². The third-order valence-electron chi connectivity index (χ3n) is 2.95. The van der Waals surface area contributed by atoms with Crippen molar-refractivity contribution in [1.82, 2.24) is 4.90 Å². The Hall–Kier alpha value is -0.120. The second-order valence-corrected chi connectivity index (χ2v) is 4.10. The molecule has 14 heavy (non-hydrogen) atoms. The summed E-state index contributed by atoms with van der Waals surface area (Å²) in [5.74, 6) is 0. The maximum Gasteiger partial charge on any atom is 0.0618 e. The van der Waals surface area contributed by atoms with Crippen LogP contribution in [0.4, 0.5) is 0 Å². The third-order valence-corrected chi connectivity index (χ3v) is 2.95. The van der Waals surface area contributed by atoms with Crippen LogP contribution in [0.2, 0.25) is 0 Å². The fourth-order valence-electron chi connectivity index (χ4n) is 2.11. The molecule has 0 heterocycles. The molecule has 3 nitrogen and oxygen atoms in total. The van der Waals surface area contributed by atoms with Gasteiger partial charge >= 0.3 is 0 Å². The highest BCUT2D eigenvalue weighted by atomic mass is 16.5. The molecule has 1 aliphatic rings. The lowest BCUT2D eigenvalue weighted by Crippen LogP contribution is -2.40. The maximum absolute atomic E-state index is 5.55. The van der Waals surface area contributed by atoms with Gasteiger partial charge in [-0.25, -0.2) is 0 Å². The zero-order valence-electron chi connectivity index (χ0n) is 9.54. The first-order chi connectivity index (χ1) is 6.83. The number of likely N-dealkylation sites (N-methyl/N-ethyl adjacent to an activating group) is 1. The van der Waals surface area contributed by atoms with Crippen LogP contribution < -0.4 is 5.73 Å². The van der Waals surface area contributed by atoms with E-state index in [1.165, 1.54) is 19.3 Å². The van der Waals surface area contributed by atoms with Crippen LogP contribution in [0.1, 0.15) is 32.6 Å². The fraction of sp³-hybridized carbons (Fsp3) is 1.00. The Balaban J connectivity index is 2.36. The third kappa shape index (κ3) is 3.56. The number of hydrogen-bond donors (Lipinski definition) is 1. The Morgan fingerprint density at radius 3 is 2.64 bits per heavy atom. The van der Waals surface area contributed by atoms with Gasteiger partial charge in [0.1, 0.15) is 0 Å². The van der Waals surface area contributed by atoms with Gasteiger partial charge in [-0.3, -0.25) is 4.90 Å². The second kappa shape index (κ2) is 6.38. The molecule has 1 rings (SSSR count). The van der Waals surface area contributed by atoms with Gasteiger partial charge in [0.25, 0.3) is 0 Å². The lowest BCUT2D eigenvalue weighted by atomic mass is 10.1. The summed E-state index contributed by atoms with van der Waals surface area (Å²) in [5, 5.41) is 0. The number of methoxy groups -OCH3 is 1. The standard InChI is InChI=1S/C11H24N2O/c1-3-13(10-6-7-10)11(9-14-2)5-4-8-12/h10-11H,3-9,12H2,1-2H3. The van der Waals surface area contributed by atoms with Gasteiger partial charge in [-0.05, 0) is 38.8 Å². The lowest BCUT2D eigenvalue weighted by molar-refractivity contribution is 0.0822. The topological polar surface area (TPSA) is 38.5 Å². The molecule has 1 unspecified atom stereocenters. The Labute approximate surface area is 87.6 Å². The first kappa shape index (κ1) is 12.0. The van der Waals surface area contributed by atoms with Crippen molar-refractivity contribution in [2.24, 2.45) is 5.73 Å². The number of nitrogens with zero attached hydrogens (tertiary/aromatic N) is 1. The molecule has 0 bridgehead atoms. The predicted molar refractivity (Wildman–Crippen MR) is 59.4 cm³/mol. The van der Waals surface area contributed by atoms with Crippen molar-refractivity contribution in [3.05, 3.63) is 0 Å². The first-order valence-corrected chi connectivity index (χ1v) is 5.78. The van der Waals surface area contributed by atoms with Gasteiger partial charge in [-0.2, -0.15) is 0 Å². The zero-order chi connectivity index (χ0) is 10.4. The van der Waals surface area contributed by atoms with E-state index in [2.05, 4.69) is 11.8 Å². The van der Waals surface area contributed by atoms with E-state index in [0.717, 1.165) is 32.2 Å². The van der Waals surface area contributed by atoms with Gasteiger partial charge < -0.3 is 10.5 Å². The second-order valence-electron chi connectivity index (χ2n) is 4.10. The molecule has 1 aliphatic carbocycles. The smallest absolute Gasteiger partial charge is 0.0618 e. The quantitative estimate of drug-likeness (QED) is 0.640. The normalized spacial score (nSPS) is 18.9. The monoisotopic (exact) mass is 200 g/mol. The van der Waals surface area contributed by atoms with Gasteiger partial charge in [-0.1, -0.05) is 6.92 Å². The zero-order valence-corrected chi connectivity index (χ0v) is 9.54. The van der Waals surface area contributed by atoms with Crippen molar-refractivity contribution in [3.63, 3.8) is 0 Å². The first-order valence-electron chi connectivity index (χ1n) is 5.78. The largest absolute Gasteiger partial charge is 0.383 e. The van der Waals surface area contributed by atoms with Crippen LogP contribution in [-0.2, 0) is 4.74 Å². The number of nitrogens with two attached hydrogens (primary N) is 1. The van der Waals surface area contributed by atoms with Crippen molar-refractivity contribution >= 4 is 0 Å². The Morgan fingerprint density at radius 2 is 2.21 bits per heavy atom. The molecule has 0 aromatic heterocycles. The summed E-state index contributed by atoms with van der Waals surface area (Å²) >= 11 is 0. The van der Waals surface area contributed by atoms with Gasteiger partial charge in [0.05, 0.1) is 6.61 Å². The van der Waals surface area contributed by atoms with E-state index in [9.17, 15) is 0 Å². The molecule has 0 aliphatic heterocycles. The van der Waals surface area contributed by atoms with Gasteiger partial charge in [-0.15, -0.1) is 0 Å². The summed E-state index contributed by atoms with van der Waals surface area (Å²) in [7, 11) is 1.79. The van der Waals surface area contributed by atoms with E-state index in [4.69, 9.17) is 10.5 Å².